The van der Waals surface area contributed by atoms with E-state index in [0.717, 1.165) is 41.5 Å². The predicted molar refractivity (Wildman–Crippen MR) is 101 cm³/mol. The molecule has 3 rings (SSSR count). The maximum absolute atomic E-state index is 13.1. The summed E-state index contributed by atoms with van der Waals surface area (Å²) in [7, 11) is 3.20. The van der Waals surface area contributed by atoms with Crippen LogP contribution < -0.4 is 9.47 Å². The molecule has 0 amide bonds. The molecule has 134 valence electrons. The molecule has 0 unspecified atom stereocenters. The SMILES string of the molecule is COc1cc(/C=C2\CCC/C(=C\c3ccc(F)cc3)C2=O)cc(OC)c1. The Morgan fingerprint density at radius 3 is 1.92 bits per heavy atom. The third kappa shape index (κ3) is 4.20. The number of ether oxygens (including phenoxy) is 2. The minimum Gasteiger partial charge on any atom is -0.497 e. The Morgan fingerprint density at radius 2 is 1.38 bits per heavy atom. The first-order chi connectivity index (χ1) is 12.6. The fraction of sp³-hybridized carbons (Fsp3) is 0.227. The first-order valence-electron chi connectivity index (χ1n) is 8.53. The molecule has 2 aromatic rings. The van der Waals surface area contributed by atoms with Crippen molar-refractivity contribution in [3.63, 3.8) is 0 Å². The summed E-state index contributed by atoms with van der Waals surface area (Å²) in [6.45, 7) is 0. The summed E-state index contributed by atoms with van der Waals surface area (Å²) in [6, 6.07) is 11.7. The highest BCUT2D eigenvalue weighted by atomic mass is 19.1. The molecule has 0 radical (unpaired) electrons. The van der Waals surface area contributed by atoms with E-state index >= 15 is 0 Å². The number of methoxy groups -OCH3 is 2. The summed E-state index contributed by atoms with van der Waals surface area (Å²) in [5.41, 5.74) is 3.22. The van der Waals surface area contributed by atoms with Crippen LogP contribution in [0, 0.1) is 5.82 Å². The molecule has 1 aliphatic rings. The molecule has 1 aliphatic carbocycles. The lowest BCUT2D eigenvalue weighted by Gasteiger charge is -2.17. The van der Waals surface area contributed by atoms with Crippen LogP contribution in [-0.2, 0) is 4.79 Å². The number of ketones is 1. The van der Waals surface area contributed by atoms with Gasteiger partial charge in [0.15, 0.2) is 5.78 Å². The second-order valence-electron chi connectivity index (χ2n) is 6.22. The summed E-state index contributed by atoms with van der Waals surface area (Å²) in [6.07, 6.45) is 6.12. The van der Waals surface area contributed by atoms with E-state index in [9.17, 15) is 9.18 Å². The normalized spacial score (nSPS) is 17.6. The summed E-state index contributed by atoms with van der Waals surface area (Å²) < 4.78 is 23.6. The molecule has 0 aliphatic heterocycles. The molecule has 26 heavy (non-hydrogen) atoms. The molecule has 4 heteroatoms. The molecule has 0 saturated heterocycles. The Morgan fingerprint density at radius 1 is 0.846 bits per heavy atom. The van der Waals surface area contributed by atoms with E-state index in [1.54, 1.807) is 32.4 Å². The third-order valence-corrected chi connectivity index (χ3v) is 4.40. The van der Waals surface area contributed by atoms with Gasteiger partial charge in [-0.3, -0.25) is 4.79 Å². The summed E-state index contributed by atoms with van der Waals surface area (Å²) in [5, 5.41) is 0. The van der Waals surface area contributed by atoms with Gasteiger partial charge in [-0.05, 0) is 66.8 Å². The van der Waals surface area contributed by atoms with E-state index in [1.165, 1.54) is 12.1 Å². The zero-order valence-electron chi connectivity index (χ0n) is 14.9. The van der Waals surface area contributed by atoms with Crippen molar-refractivity contribution >= 4 is 17.9 Å². The lowest BCUT2D eigenvalue weighted by molar-refractivity contribution is -0.112. The van der Waals surface area contributed by atoms with Crippen LogP contribution in [0.1, 0.15) is 30.4 Å². The molecule has 0 N–H and O–H groups in total. The zero-order chi connectivity index (χ0) is 18.5. The first-order valence-corrected chi connectivity index (χ1v) is 8.53. The third-order valence-electron chi connectivity index (χ3n) is 4.40. The number of halogens is 1. The van der Waals surface area contributed by atoms with Gasteiger partial charge in [-0.25, -0.2) is 4.39 Å². The second kappa shape index (κ2) is 8.00. The average Bonchev–Trinajstić information content (AvgIpc) is 2.66. The largest absolute Gasteiger partial charge is 0.497 e. The van der Waals surface area contributed by atoms with Gasteiger partial charge < -0.3 is 9.47 Å². The fourth-order valence-electron chi connectivity index (χ4n) is 3.05. The first kappa shape index (κ1) is 17.9. The number of hydrogen-bond acceptors (Lipinski definition) is 3. The second-order valence-corrected chi connectivity index (χ2v) is 6.22. The molecule has 0 spiro atoms. The number of allylic oxidation sites excluding steroid dienone is 2. The van der Waals surface area contributed by atoms with Crippen LogP contribution >= 0.6 is 0 Å². The van der Waals surface area contributed by atoms with Gasteiger partial charge in [0.1, 0.15) is 17.3 Å². The number of carbonyl (C=O) groups is 1. The van der Waals surface area contributed by atoms with E-state index < -0.39 is 0 Å². The van der Waals surface area contributed by atoms with Crippen LogP contribution in [0.2, 0.25) is 0 Å². The van der Waals surface area contributed by atoms with Crippen molar-refractivity contribution in [3.8, 4) is 11.5 Å². The number of rotatable bonds is 4. The van der Waals surface area contributed by atoms with E-state index in [0.29, 0.717) is 11.5 Å². The highest BCUT2D eigenvalue weighted by molar-refractivity contribution is 6.14. The Kier molecular flexibility index (Phi) is 5.52. The lowest BCUT2D eigenvalue weighted by atomic mass is 9.87. The molecule has 0 heterocycles. The van der Waals surface area contributed by atoms with Crippen molar-refractivity contribution in [3.05, 3.63) is 70.6 Å². The Labute approximate surface area is 152 Å². The number of carbonyl (C=O) groups excluding carboxylic acids is 1. The van der Waals surface area contributed by atoms with Crippen molar-refractivity contribution in [1.29, 1.82) is 0 Å². The molecular weight excluding hydrogens is 331 g/mol. The van der Waals surface area contributed by atoms with Gasteiger partial charge in [0, 0.05) is 17.2 Å². The average molecular weight is 352 g/mol. The molecule has 0 aromatic heterocycles. The Hall–Kier alpha value is -2.88. The van der Waals surface area contributed by atoms with E-state index in [-0.39, 0.29) is 11.6 Å². The highest BCUT2D eigenvalue weighted by Crippen LogP contribution is 2.30. The minimum atomic E-state index is -0.283. The van der Waals surface area contributed by atoms with Crippen LogP contribution in [-0.4, -0.2) is 20.0 Å². The van der Waals surface area contributed by atoms with Crippen LogP contribution in [0.3, 0.4) is 0 Å². The monoisotopic (exact) mass is 352 g/mol. The van der Waals surface area contributed by atoms with Crippen LogP contribution in [0.25, 0.3) is 12.2 Å². The molecular formula is C22H21FO3. The van der Waals surface area contributed by atoms with Gasteiger partial charge in [0.05, 0.1) is 14.2 Å². The van der Waals surface area contributed by atoms with Crippen LogP contribution in [0.4, 0.5) is 4.39 Å². The minimum absolute atomic E-state index is 0.0439. The topological polar surface area (TPSA) is 35.5 Å². The summed E-state index contributed by atoms with van der Waals surface area (Å²) in [4.78, 5) is 12.8. The standard InChI is InChI=1S/C22H21FO3/c1-25-20-12-16(13-21(14-20)26-2)11-18-5-3-4-17(22(18)24)10-15-6-8-19(23)9-7-15/h6-14H,3-5H2,1-2H3/b17-10+,18-11+. The molecule has 2 aromatic carbocycles. The maximum Gasteiger partial charge on any atom is 0.185 e. The van der Waals surface area contributed by atoms with Gasteiger partial charge in [-0.1, -0.05) is 12.1 Å². The van der Waals surface area contributed by atoms with Gasteiger partial charge in [-0.15, -0.1) is 0 Å². The molecule has 1 saturated carbocycles. The van der Waals surface area contributed by atoms with Gasteiger partial charge in [-0.2, -0.15) is 0 Å². The van der Waals surface area contributed by atoms with Gasteiger partial charge in [0.2, 0.25) is 0 Å². The summed E-state index contributed by atoms with van der Waals surface area (Å²) >= 11 is 0. The lowest BCUT2D eigenvalue weighted by Crippen LogP contribution is -2.12. The van der Waals surface area contributed by atoms with E-state index in [4.69, 9.17) is 9.47 Å². The number of Topliss-reactive ketones (excluding diaryl/α,β-unsaturated/α-hetero) is 1. The summed E-state index contributed by atoms with van der Waals surface area (Å²) in [5.74, 6) is 1.13. The van der Waals surface area contributed by atoms with Crippen LogP contribution in [0.15, 0.2) is 53.6 Å². The van der Waals surface area contributed by atoms with E-state index in [1.807, 2.05) is 24.3 Å². The Balaban J connectivity index is 1.90. The van der Waals surface area contributed by atoms with Crippen molar-refractivity contribution in [2.75, 3.05) is 14.2 Å². The van der Waals surface area contributed by atoms with E-state index in [2.05, 4.69) is 0 Å². The van der Waals surface area contributed by atoms with Crippen LogP contribution in [0.5, 0.6) is 11.5 Å². The van der Waals surface area contributed by atoms with Crippen molar-refractivity contribution in [2.24, 2.45) is 0 Å². The predicted octanol–water partition coefficient (Wildman–Crippen LogP) is 5.06. The molecule has 3 nitrogen and oxygen atoms in total. The van der Waals surface area contributed by atoms with Gasteiger partial charge in [0.25, 0.3) is 0 Å². The number of benzene rings is 2. The smallest absolute Gasteiger partial charge is 0.185 e. The Bertz CT molecular complexity index is 841. The van der Waals surface area contributed by atoms with Gasteiger partial charge >= 0.3 is 0 Å². The molecule has 0 atom stereocenters. The zero-order valence-corrected chi connectivity index (χ0v) is 14.9. The highest BCUT2D eigenvalue weighted by Gasteiger charge is 2.20. The number of hydrogen-bond donors (Lipinski definition) is 0. The quantitative estimate of drug-likeness (QED) is 0.721. The van der Waals surface area contributed by atoms with Crippen molar-refractivity contribution in [1.82, 2.24) is 0 Å². The van der Waals surface area contributed by atoms with Crippen molar-refractivity contribution in [2.45, 2.75) is 19.3 Å². The molecule has 1 fully saturated rings. The maximum atomic E-state index is 13.1. The van der Waals surface area contributed by atoms with Crippen molar-refractivity contribution < 1.29 is 18.7 Å². The fourth-order valence-corrected chi connectivity index (χ4v) is 3.05. The molecule has 0 bridgehead atoms.